The number of halogens is 1. The molecular weight excluding hydrogens is 393 g/mol. The van der Waals surface area contributed by atoms with Crippen LogP contribution < -0.4 is 9.46 Å². The maximum Gasteiger partial charge on any atom is 0.349 e. The Hall–Kier alpha value is -2.65. The molecule has 0 aliphatic carbocycles. The van der Waals surface area contributed by atoms with Gasteiger partial charge in [-0.05, 0) is 31.2 Å². The highest BCUT2D eigenvalue weighted by Gasteiger charge is 2.31. The first-order valence-corrected chi connectivity index (χ1v) is 10.2. The number of methoxy groups -OCH3 is 1. The topological polar surface area (TPSA) is 81.7 Å². The number of fused-ring (bicyclic) bond motifs is 1. The Morgan fingerprint density at radius 1 is 1.22 bits per heavy atom. The third-order valence-electron chi connectivity index (χ3n) is 3.67. The van der Waals surface area contributed by atoms with Crippen molar-refractivity contribution in [1.82, 2.24) is 0 Å². The third-order valence-corrected chi connectivity index (χ3v) is 6.39. The van der Waals surface area contributed by atoms with Gasteiger partial charge in [-0.15, -0.1) is 11.3 Å². The van der Waals surface area contributed by atoms with Crippen LogP contribution in [0.2, 0.25) is 0 Å². The summed E-state index contributed by atoms with van der Waals surface area (Å²) in [6.45, 7) is 1.67. The van der Waals surface area contributed by atoms with Gasteiger partial charge in [0, 0.05) is 16.2 Å². The third kappa shape index (κ3) is 3.74. The van der Waals surface area contributed by atoms with Crippen molar-refractivity contribution in [2.75, 3.05) is 18.4 Å². The zero-order chi connectivity index (χ0) is 19.6. The van der Waals surface area contributed by atoms with Crippen molar-refractivity contribution in [1.29, 1.82) is 0 Å². The number of rotatable bonds is 6. The smallest absolute Gasteiger partial charge is 0.349 e. The first-order valence-electron chi connectivity index (χ1n) is 7.92. The molecule has 2 aromatic carbocycles. The van der Waals surface area contributed by atoms with Crippen molar-refractivity contribution in [3.8, 4) is 5.75 Å². The Labute approximate surface area is 159 Å². The molecule has 0 aliphatic rings. The summed E-state index contributed by atoms with van der Waals surface area (Å²) in [5.41, 5.74) is 0.222. The lowest BCUT2D eigenvalue weighted by atomic mass is 10.2. The van der Waals surface area contributed by atoms with E-state index in [1.807, 2.05) is 0 Å². The Bertz CT molecular complexity index is 1110. The van der Waals surface area contributed by atoms with E-state index in [1.54, 1.807) is 25.1 Å². The summed E-state index contributed by atoms with van der Waals surface area (Å²) in [7, 11) is -2.82. The lowest BCUT2D eigenvalue weighted by molar-refractivity contribution is 0.0528. The maximum atomic E-state index is 14.4. The minimum atomic E-state index is -4.27. The molecule has 0 aliphatic heterocycles. The molecule has 6 nitrogen and oxygen atoms in total. The molecule has 1 aromatic heterocycles. The summed E-state index contributed by atoms with van der Waals surface area (Å²) in [5, 5.41) is -0.138. The van der Waals surface area contributed by atoms with E-state index in [9.17, 15) is 17.6 Å². The van der Waals surface area contributed by atoms with E-state index in [-0.39, 0.29) is 22.6 Å². The molecule has 0 spiro atoms. The van der Waals surface area contributed by atoms with Crippen LogP contribution in [0, 0.1) is 5.82 Å². The highest BCUT2D eigenvalue weighted by Crippen LogP contribution is 2.38. The minimum Gasteiger partial charge on any atom is -0.497 e. The predicted molar refractivity (Wildman–Crippen MR) is 102 cm³/mol. The summed E-state index contributed by atoms with van der Waals surface area (Å²) < 4.78 is 53.3. The van der Waals surface area contributed by atoms with Crippen molar-refractivity contribution in [2.45, 2.75) is 11.8 Å². The van der Waals surface area contributed by atoms with Gasteiger partial charge in [0.05, 0.1) is 19.4 Å². The van der Waals surface area contributed by atoms with Gasteiger partial charge in [-0.2, -0.15) is 0 Å². The normalized spacial score (nSPS) is 11.4. The molecule has 0 amide bonds. The van der Waals surface area contributed by atoms with E-state index < -0.39 is 26.7 Å². The molecule has 0 atom stereocenters. The number of anilines is 1. The van der Waals surface area contributed by atoms with E-state index in [4.69, 9.17) is 9.47 Å². The van der Waals surface area contributed by atoms with Crippen LogP contribution >= 0.6 is 11.3 Å². The summed E-state index contributed by atoms with van der Waals surface area (Å²) in [6, 6.07) is 10.4. The quantitative estimate of drug-likeness (QED) is 0.622. The average molecular weight is 409 g/mol. The molecule has 0 saturated heterocycles. The zero-order valence-corrected chi connectivity index (χ0v) is 16.1. The highest BCUT2D eigenvalue weighted by atomic mass is 32.2. The average Bonchev–Trinajstić information content (AvgIpc) is 3.04. The summed E-state index contributed by atoms with van der Waals surface area (Å²) in [4.78, 5) is 11.7. The van der Waals surface area contributed by atoms with E-state index in [0.29, 0.717) is 10.4 Å². The summed E-state index contributed by atoms with van der Waals surface area (Å²) in [5.74, 6) is -1.10. The zero-order valence-electron chi connectivity index (χ0n) is 14.5. The molecule has 3 rings (SSSR count). The number of sulfonamides is 1. The number of ether oxygens (including phenoxy) is 2. The van der Waals surface area contributed by atoms with Crippen LogP contribution in [-0.4, -0.2) is 28.1 Å². The predicted octanol–water partition coefficient (Wildman–Crippen LogP) is 4.03. The van der Waals surface area contributed by atoms with Crippen LogP contribution in [0.15, 0.2) is 47.4 Å². The van der Waals surface area contributed by atoms with Crippen LogP contribution in [-0.2, 0) is 14.8 Å². The molecule has 3 aromatic rings. The number of hydrogen-bond acceptors (Lipinski definition) is 6. The SMILES string of the molecule is CCOC(=O)c1sc2cccc(F)c2c1S(=O)(=O)Nc1cccc(OC)c1. The number of nitrogens with one attached hydrogen (secondary N) is 1. The second-order valence-corrected chi connectivity index (χ2v) is 8.10. The van der Waals surface area contributed by atoms with E-state index in [0.717, 1.165) is 17.4 Å². The van der Waals surface area contributed by atoms with Gasteiger partial charge in [0.2, 0.25) is 0 Å². The fourth-order valence-corrected chi connectivity index (χ4v) is 5.43. The molecule has 1 N–H and O–H groups in total. The summed E-state index contributed by atoms with van der Waals surface area (Å²) >= 11 is 0.873. The standard InChI is InChI=1S/C18H16FNO5S2/c1-3-25-18(21)16-17(15-13(19)8-5-9-14(15)26-16)27(22,23)20-11-6-4-7-12(10-11)24-2/h4-10,20H,3H2,1-2H3. The van der Waals surface area contributed by atoms with E-state index in [2.05, 4.69) is 4.72 Å². The number of esters is 1. The number of hydrogen-bond donors (Lipinski definition) is 1. The van der Waals surface area contributed by atoms with Gasteiger partial charge >= 0.3 is 5.97 Å². The molecule has 0 bridgehead atoms. The van der Waals surface area contributed by atoms with Gasteiger partial charge in [-0.1, -0.05) is 12.1 Å². The van der Waals surface area contributed by atoms with E-state index >= 15 is 0 Å². The van der Waals surface area contributed by atoms with Gasteiger partial charge in [-0.3, -0.25) is 4.72 Å². The second kappa shape index (κ2) is 7.53. The second-order valence-electron chi connectivity index (χ2n) is 5.43. The van der Waals surface area contributed by atoms with Gasteiger partial charge in [0.1, 0.15) is 21.3 Å². The minimum absolute atomic E-state index is 0.0678. The van der Waals surface area contributed by atoms with Crippen LogP contribution in [0.3, 0.4) is 0 Å². The van der Waals surface area contributed by atoms with Crippen LogP contribution in [0.5, 0.6) is 5.75 Å². The monoisotopic (exact) mass is 409 g/mol. The van der Waals surface area contributed by atoms with Crippen molar-refractivity contribution in [3.05, 3.63) is 53.2 Å². The molecule has 142 valence electrons. The Morgan fingerprint density at radius 3 is 2.67 bits per heavy atom. The van der Waals surface area contributed by atoms with Crippen molar-refractivity contribution in [3.63, 3.8) is 0 Å². The van der Waals surface area contributed by atoms with Crippen LogP contribution in [0.4, 0.5) is 10.1 Å². The Morgan fingerprint density at radius 2 is 1.96 bits per heavy atom. The van der Waals surface area contributed by atoms with Crippen LogP contribution in [0.1, 0.15) is 16.6 Å². The molecule has 27 heavy (non-hydrogen) atoms. The van der Waals surface area contributed by atoms with Crippen LogP contribution in [0.25, 0.3) is 10.1 Å². The molecular formula is C18H16FNO5S2. The van der Waals surface area contributed by atoms with Gasteiger partial charge in [0.25, 0.3) is 10.0 Å². The molecule has 9 heteroatoms. The Balaban J connectivity index is 2.18. The van der Waals surface area contributed by atoms with Crippen molar-refractivity contribution < 1.29 is 27.1 Å². The lowest BCUT2D eigenvalue weighted by Crippen LogP contribution is -2.17. The van der Waals surface area contributed by atoms with Gasteiger partial charge < -0.3 is 9.47 Å². The van der Waals surface area contributed by atoms with Gasteiger partial charge in [0.15, 0.2) is 0 Å². The number of carbonyl (C=O) groups is 1. The lowest BCUT2D eigenvalue weighted by Gasteiger charge is -2.10. The fourth-order valence-electron chi connectivity index (χ4n) is 2.56. The first-order chi connectivity index (χ1) is 12.9. The maximum absolute atomic E-state index is 14.4. The number of thiophene rings is 1. The Kier molecular flexibility index (Phi) is 5.33. The summed E-state index contributed by atoms with van der Waals surface area (Å²) in [6.07, 6.45) is 0. The molecule has 0 unspecified atom stereocenters. The largest absolute Gasteiger partial charge is 0.497 e. The first kappa shape index (κ1) is 19.1. The molecule has 0 radical (unpaired) electrons. The van der Waals surface area contributed by atoms with Crippen molar-refractivity contribution in [2.24, 2.45) is 0 Å². The fraction of sp³-hybridized carbons (Fsp3) is 0.167. The van der Waals surface area contributed by atoms with E-state index in [1.165, 1.54) is 25.3 Å². The van der Waals surface area contributed by atoms with Crippen molar-refractivity contribution >= 4 is 43.1 Å². The van der Waals surface area contributed by atoms with Gasteiger partial charge in [-0.25, -0.2) is 17.6 Å². The molecule has 0 fully saturated rings. The number of carbonyl (C=O) groups excluding carboxylic acids is 1. The highest BCUT2D eigenvalue weighted by molar-refractivity contribution is 7.93. The molecule has 1 heterocycles. The number of benzene rings is 2. The molecule has 0 saturated carbocycles.